The molecule has 7 nitrogen and oxygen atoms in total. The maximum atomic E-state index is 14.1. The van der Waals surface area contributed by atoms with Crippen molar-refractivity contribution < 1.29 is 24.2 Å². The summed E-state index contributed by atoms with van der Waals surface area (Å²) in [5.41, 5.74) is 2.66. The molecule has 7 heteroatoms. The van der Waals surface area contributed by atoms with Crippen LogP contribution in [0.25, 0.3) is 0 Å². The van der Waals surface area contributed by atoms with Crippen LogP contribution in [0.1, 0.15) is 83.5 Å². The minimum absolute atomic E-state index is 0.0352. The van der Waals surface area contributed by atoms with E-state index in [4.69, 9.17) is 9.47 Å². The standard InChI is InChI=1S/C33H46N2O5/c1-32(2,3)23-16-17-24(39-7)22(19-23)20-34-27-26(33(4,5)6)29(31(37)38)35(28(27)21-13-9-8-10-14-21)30(36)25-15-11-12-18-40-25/h8-10,13-14,16-17,19,25-29,34H,11-12,15,18,20H2,1-7H3,(H,37,38)/t25-,26-,27-,28-,29-/m0/s1. The lowest BCUT2D eigenvalue weighted by Gasteiger charge is -2.36. The number of carboxylic acids is 1. The van der Waals surface area contributed by atoms with Crippen LogP contribution in [-0.2, 0) is 26.3 Å². The van der Waals surface area contributed by atoms with E-state index in [-0.39, 0.29) is 23.3 Å². The summed E-state index contributed by atoms with van der Waals surface area (Å²) in [6.07, 6.45) is 1.80. The number of hydrogen-bond acceptors (Lipinski definition) is 5. The van der Waals surface area contributed by atoms with Crippen molar-refractivity contribution in [2.24, 2.45) is 11.3 Å². The SMILES string of the molecule is COc1ccc(C(C)(C)C)cc1CN[C@H]1[C@H](C(C)(C)C)[C@@H](C(=O)O)N(C(=O)[C@@H]2CCCCO2)[C@H]1c1ccccc1. The Labute approximate surface area is 239 Å². The molecule has 218 valence electrons. The van der Waals surface area contributed by atoms with E-state index in [1.54, 1.807) is 12.0 Å². The molecule has 0 spiro atoms. The summed E-state index contributed by atoms with van der Waals surface area (Å²) < 4.78 is 11.6. The highest BCUT2D eigenvalue weighted by atomic mass is 16.5. The normalized spacial score (nSPS) is 25.6. The van der Waals surface area contributed by atoms with Gasteiger partial charge < -0.3 is 24.8 Å². The van der Waals surface area contributed by atoms with Gasteiger partial charge in [0, 0.05) is 30.7 Å². The smallest absolute Gasteiger partial charge is 0.326 e. The molecule has 2 fully saturated rings. The maximum Gasteiger partial charge on any atom is 0.326 e. The molecular weight excluding hydrogens is 504 g/mol. The highest BCUT2D eigenvalue weighted by molar-refractivity contribution is 5.88. The molecule has 0 aliphatic carbocycles. The molecule has 2 aliphatic heterocycles. The van der Waals surface area contributed by atoms with Crippen LogP contribution in [0.15, 0.2) is 48.5 Å². The van der Waals surface area contributed by atoms with Gasteiger partial charge in [0.05, 0.1) is 13.2 Å². The molecule has 1 amide bonds. The minimum atomic E-state index is -0.997. The number of rotatable bonds is 7. The van der Waals surface area contributed by atoms with Gasteiger partial charge in [-0.25, -0.2) is 4.79 Å². The van der Waals surface area contributed by atoms with Gasteiger partial charge in [0.1, 0.15) is 17.9 Å². The van der Waals surface area contributed by atoms with Crippen LogP contribution >= 0.6 is 0 Å². The van der Waals surface area contributed by atoms with Crippen molar-refractivity contribution in [2.75, 3.05) is 13.7 Å². The van der Waals surface area contributed by atoms with E-state index in [9.17, 15) is 14.7 Å². The molecule has 2 aromatic rings. The van der Waals surface area contributed by atoms with Crippen molar-refractivity contribution in [3.63, 3.8) is 0 Å². The van der Waals surface area contributed by atoms with Crippen molar-refractivity contribution in [2.45, 2.75) is 97.0 Å². The summed E-state index contributed by atoms with van der Waals surface area (Å²) in [6.45, 7) is 13.7. The fourth-order valence-electron chi connectivity index (χ4n) is 6.44. The second-order valence-corrected chi connectivity index (χ2v) is 13.3. The van der Waals surface area contributed by atoms with E-state index in [0.717, 1.165) is 29.7 Å². The van der Waals surface area contributed by atoms with Crippen LogP contribution in [0, 0.1) is 11.3 Å². The van der Waals surface area contributed by atoms with E-state index >= 15 is 0 Å². The molecule has 0 aromatic heterocycles. The number of likely N-dealkylation sites (tertiary alicyclic amines) is 1. The first-order valence-electron chi connectivity index (χ1n) is 14.5. The van der Waals surface area contributed by atoms with E-state index in [2.05, 4.69) is 59.0 Å². The Morgan fingerprint density at radius 3 is 2.30 bits per heavy atom. The third-order valence-electron chi connectivity index (χ3n) is 8.44. The van der Waals surface area contributed by atoms with Crippen LogP contribution in [-0.4, -0.2) is 53.8 Å². The first-order valence-corrected chi connectivity index (χ1v) is 14.5. The number of benzene rings is 2. The van der Waals surface area contributed by atoms with Crippen LogP contribution < -0.4 is 10.1 Å². The van der Waals surface area contributed by atoms with E-state index in [1.165, 1.54) is 5.56 Å². The predicted molar refractivity (Wildman–Crippen MR) is 156 cm³/mol. The number of ether oxygens (including phenoxy) is 2. The highest BCUT2D eigenvalue weighted by Gasteiger charge is 2.58. The quantitative estimate of drug-likeness (QED) is 0.459. The van der Waals surface area contributed by atoms with Gasteiger partial charge in [0.2, 0.25) is 0 Å². The molecule has 2 heterocycles. The molecule has 4 rings (SSSR count). The molecule has 5 atom stereocenters. The molecule has 2 aromatic carbocycles. The maximum absolute atomic E-state index is 14.1. The lowest BCUT2D eigenvalue weighted by atomic mass is 9.72. The first kappa shape index (κ1) is 30.1. The van der Waals surface area contributed by atoms with Crippen LogP contribution in [0.2, 0.25) is 0 Å². The van der Waals surface area contributed by atoms with E-state index in [1.807, 2.05) is 36.4 Å². The number of amides is 1. The second kappa shape index (κ2) is 11.9. The van der Waals surface area contributed by atoms with Gasteiger partial charge >= 0.3 is 5.97 Å². The van der Waals surface area contributed by atoms with Gasteiger partial charge in [-0.15, -0.1) is 0 Å². The van der Waals surface area contributed by atoms with Crippen molar-refractivity contribution >= 4 is 11.9 Å². The van der Waals surface area contributed by atoms with Crippen molar-refractivity contribution in [3.8, 4) is 5.75 Å². The Balaban J connectivity index is 1.81. The van der Waals surface area contributed by atoms with Crippen LogP contribution in [0.4, 0.5) is 0 Å². The molecule has 2 aliphatic rings. The number of nitrogens with one attached hydrogen (secondary N) is 1. The molecule has 2 N–H and O–H groups in total. The van der Waals surface area contributed by atoms with Gasteiger partial charge in [-0.3, -0.25) is 4.79 Å². The minimum Gasteiger partial charge on any atom is -0.496 e. The molecule has 0 saturated carbocycles. The highest BCUT2D eigenvalue weighted by Crippen LogP contribution is 2.49. The third-order valence-corrected chi connectivity index (χ3v) is 8.44. The van der Waals surface area contributed by atoms with Gasteiger partial charge in [0.15, 0.2) is 0 Å². The lowest BCUT2D eigenvalue weighted by molar-refractivity contribution is -0.159. The summed E-state index contributed by atoms with van der Waals surface area (Å²) in [4.78, 5) is 28.8. The van der Waals surface area contributed by atoms with E-state index in [0.29, 0.717) is 19.6 Å². The topological polar surface area (TPSA) is 88.1 Å². The lowest BCUT2D eigenvalue weighted by Crippen LogP contribution is -2.51. The average molecular weight is 551 g/mol. The Morgan fingerprint density at radius 1 is 1.05 bits per heavy atom. The monoisotopic (exact) mass is 550 g/mol. The van der Waals surface area contributed by atoms with Crippen molar-refractivity contribution in [3.05, 3.63) is 65.2 Å². The zero-order valence-electron chi connectivity index (χ0n) is 25.1. The summed E-state index contributed by atoms with van der Waals surface area (Å²) in [5.74, 6) is -0.798. The molecule has 0 radical (unpaired) electrons. The Hall–Kier alpha value is -2.90. The van der Waals surface area contributed by atoms with Crippen LogP contribution in [0.5, 0.6) is 5.75 Å². The van der Waals surface area contributed by atoms with Crippen molar-refractivity contribution in [1.82, 2.24) is 10.2 Å². The largest absolute Gasteiger partial charge is 0.496 e. The summed E-state index contributed by atoms with van der Waals surface area (Å²) in [7, 11) is 1.67. The van der Waals surface area contributed by atoms with E-state index < -0.39 is 29.6 Å². The van der Waals surface area contributed by atoms with Gasteiger partial charge in [0.25, 0.3) is 5.91 Å². The molecular formula is C33H46N2O5. The number of methoxy groups -OCH3 is 1. The Bertz CT molecular complexity index is 1180. The number of hydrogen-bond donors (Lipinski definition) is 2. The number of nitrogens with zero attached hydrogens (tertiary/aromatic N) is 1. The Morgan fingerprint density at radius 2 is 1.75 bits per heavy atom. The molecule has 2 saturated heterocycles. The predicted octanol–water partition coefficient (Wildman–Crippen LogP) is 5.72. The fraction of sp³-hybridized carbons (Fsp3) is 0.576. The average Bonchev–Trinajstić information content (AvgIpc) is 3.28. The fourth-order valence-corrected chi connectivity index (χ4v) is 6.44. The number of carboxylic acid groups (broad SMARTS) is 1. The number of carbonyl (C=O) groups is 2. The number of aliphatic carboxylic acids is 1. The van der Waals surface area contributed by atoms with Gasteiger partial charge in [-0.2, -0.15) is 0 Å². The number of carbonyl (C=O) groups excluding carboxylic acids is 1. The zero-order valence-corrected chi connectivity index (χ0v) is 25.1. The molecule has 0 unspecified atom stereocenters. The van der Waals surface area contributed by atoms with Gasteiger partial charge in [-0.1, -0.05) is 84.0 Å². The zero-order chi connectivity index (χ0) is 29.2. The summed E-state index contributed by atoms with van der Waals surface area (Å²) in [6, 6.07) is 14.3. The summed E-state index contributed by atoms with van der Waals surface area (Å²) >= 11 is 0. The second-order valence-electron chi connectivity index (χ2n) is 13.3. The Kier molecular flexibility index (Phi) is 8.96. The first-order chi connectivity index (χ1) is 18.8. The molecule has 0 bridgehead atoms. The van der Waals surface area contributed by atoms with Crippen LogP contribution in [0.3, 0.4) is 0 Å². The van der Waals surface area contributed by atoms with Crippen molar-refractivity contribution in [1.29, 1.82) is 0 Å². The van der Waals surface area contributed by atoms with Gasteiger partial charge in [-0.05, 0) is 47.3 Å². The molecule has 40 heavy (non-hydrogen) atoms. The third kappa shape index (κ3) is 6.21. The summed E-state index contributed by atoms with van der Waals surface area (Å²) in [5, 5.41) is 14.4.